The van der Waals surface area contributed by atoms with Crippen molar-refractivity contribution < 1.29 is 10.2 Å². The van der Waals surface area contributed by atoms with E-state index in [9.17, 15) is 10.2 Å². The summed E-state index contributed by atoms with van der Waals surface area (Å²) in [5.74, 6) is 0. The molecule has 0 aromatic heterocycles. The number of hydrogen-bond acceptors (Lipinski definition) is 3. The molecule has 1 rings (SSSR count). The van der Waals surface area contributed by atoms with Gasteiger partial charge in [0.25, 0.3) is 0 Å². The van der Waals surface area contributed by atoms with E-state index in [1.807, 2.05) is 25.1 Å². The molecule has 1 aromatic carbocycles. The average molecular weight is 217 g/mol. The minimum Gasteiger partial charge on any atom is -0.389 e. The number of aliphatic hydroxyl groups is 2. The largest absolute Gasteiger partial charge is 0.389 e. The Bertz CT molecular complexity index is 403. The fourth-order valence-corrected chi connectivity index (χ4v) is 1.39. The lowest BCUT2D eigenvalue weighted by atomic mass is 10.00. The van der Waals surface area contributed by atoms with Crippen molar-refractivity contribution in [3.8, 4) is 6.07 Å². The maximum absolute atomic E-state index is 9.73. The van der Waals surface area contributed by atoms with Crippen molar-refractivity contribution in [2.75, 3.05) is 0 Å². The van der Waals surface area contributed by atoms with Crippen molar-refractivity contribution in [1.29, 1.82) is 5.26 Å². The van der Waals surface area contributed by atoms with Gasteiger partial charge in [0.2, 0.25) is 0 Å². The van der Waals surface area contributed by atoms with Crippen molar-refractivity contribution in [2.45, 2.75) is 25.6 Å². The van der Waals surface area contributed by atoms with Crippen LogP contribution in [0.2, 0.25) is 0 Å². The molecule has 0 amide bonds. The first kappa shape index (κ1) is 12.4. The Morgan fingerprint density at radius 1 is 1.38 bits per heavy atom. The lowest BCUT2D eigenvalue weighted by molar-refractivity contribution is 0.0216. The van der Waals surface area contributed by atoms with Crippen LogP contribution in [0.25, 0.3) is 5.57 Å². The van der Waals surface area contributed by atoms with Gasteiger partial charge in [0.1, 0.15) is 6.10 Å². The van der Waals surface area contributed by atoms with Crippen LogP contribution in [0.15, 0.2) is 30.8 Å². The summed E-state index contributed by atoms with van der Waals surface area (Å²) in [4.78, 5) is 0. The quantitative estimate of drug-likeness (QED) is 0.811. The molecule has 1 aromatic rings. The van der Waals surface area contributed by atoms with E-state index in [4.69, 9.17) is 5.26 Å². The molecule has 0 saturated carbocycles. The van der Waals surface area contributed by atoms with Crippen LogP contribution >= 0.6 is 0 Å². The Morgan fingerprint density at radius 2 is 1.94 bits per heavy atom. The van der Waals surface area contributed by atoms with Gasteiger partial charge in [-0.3, -0.25) is 0 Å². The summed E-state index contributed by atoms with van der Waals surface area (Å²) in [6.45, 7) is 5.71. The molecule has 0 aliphatic carbocycles. The van der Waals surface area contributed by atoms with Gasteiger partial charge in [0.05, 0.1) is 18.6 Å². The van der Waals surface area contributed by atoms with E-state index >= 15 is 0 Å². The first-order chi connectivity index (χ1) is 7.56. The standard InChI is InChI=1S/C13H15NO2/c1-9(2)10-3-5-11(6-4-10)13(16)12(15)7-8-14/h3-6,12-13,15-16H,1,7H2,2H3. The van der Waals surface area contributed by atoms with Crippen LogP contribution in [0.1, 0.15) is 30.6 Å². The normalized spacial score (nSPS) is 13.9. The highest BCUT2D eigenvalue weighted by molar-refractivity contribution is 5.61. The third-order valence-corrected chi connectivity index (χ3v) is 2.41. The third kappa shape index (κ3) is 2.93. The molecule has 0 saturated heterocycles. The predicted octanol–water partition coefficient (Wildman–Crippen LogP) is 2.03. The van der Waals surface area contributed by atoms with E-state index in [2.05, 4.69) is 6.58 Å². The Labute approximate surface area is 95.3 Å². The van der Waals surface area contributed by atoms with Gasteiger partial charge in [0.15, 0.2) is 0 Å². The van der Waals surface area contributed by atoms with Crippen molar-refractivity contribution in [3.63, 3.8) is 0 Å². The molecule has 16 heavy (non-hydrogen) atoms. The van der Waals surface area contributed by atoms with Crippen LogP contribution in [0.3, 0.4) is 0 Å². The number of aliphatic hydroxyl groups excluding tert-OH is 2. The molecule has 0 aliphatic heterocycles. The fourth-order valence-electron chi connectivity index (χ4n) is 1.39. The summed E-state index contributed by atoms with van der Waals surface area (Å²) in [6, 6.07) is 8.95. The summed E-state index contributed by atoms with van der Waals surface area (Å²) in [6.07, 6.45) is -2.14. The zero-order valence-electron chi connectivity index (χ0n) is 9.22. The van der Waals surface area contributed by atoms with Crippen LogP contribution in [0.4, 0.5) is 0 Å². The Balaban J connectivity index is 2.82. The van der Waals surface area contributed by atoms with Crippen LogP contribution < -0.4 is 0 Å². The second kappa shape index (κ2) is 5.45. The van der Waals surface area contributed by atoms with Crippen molar-refractivity contribution in [2.24, 2.45) is 0 Å². The maximum Gasteiger partial charge on any atom is 0.106 e. The summed E-state index contributed by atoms with van der Waals surface area (Å²) < 4.78 is 0. The number of hydrogen-bond donors (Lipinski definition) is 2. The second-order valence-electron chi connectivity index (χ2n) is 3.78. The minimum atomic E-state index is -1.04. The molecule has 2 unspecified atom stereocenters. The van der Waals surface area contributed by atoms with Crippen LogP contribution in [0, 0.1) is 11.3 Å². The molecule has 0 fully saturated rings. The van der Waals surface area contributed by atoms with Gasteiger partial charge in [-0.25, -0.2) is 0 Å². The van der Waals surface area contributed by atoms with Gasteiger partial charge in [-0.05, 0) is 18.1 Å². The first-order valence-electron chi connectivity index (χ1n) is 5.05. The second-order valence-corrected chi connectivity index (χ2v) is 3.78. The average Bonchev–Trinajstić information content (AvgIpc) is 2.28. The predicted molar refractivity (Wildman–Crippen MR) is 62.3 cm³/mol. The van der Waals surface area contributed by atoms with E-state index in [0.717, 1.165) is 11.1 Å². The Kier molecular flexibility index (Phi) is 4.24. The van der Waals surface area contributed by atoms with Crippen LogP contribution in [0.5, 0.6) is 0 Å². The number of allylic oxidation sites excluding steroid dienone is 1. The van der Waals surface area contributed by atoms with Gasteiger partial charge >= 0.3 is 0 Å². The SMILES string of the molecule is C=C(C)c1ccc(C(O)C(O)CC#N)cc1. The molecule has 3 nitrogen and oxygen atoms in total. The van der Waals surface area contributed by atoms with Crippen LogP contribution in [-0.2, 0) is 0 Å². The highest BCUT2D eigenvalue weighted by Gasteiger charge is 2.17. The fraction of sp³-hybridized carbons (Fsp3) is 0.308. The van der Waals surface area contributed by atoms with E-state index < -0.39 is 12.2 Å². The van der Waals surface area contributed by atoms with Crippen LogP contribution in [-0.4, -0.2) is 16.3 Å². The minimum absolute atomic E-state index is 0.0800. The number of rotatable bonds is 4. The molecule has 0 spiro atoms. The van der Waals surface area contributed by atoms with Gasteiger partial charge in [-0.15, -0.1) is 0 Å². The highest BCUT2D eigenvalue weighted by atomic mass is 16.3. The molecule has 0 radical (unpaired) electrons. The monoisotopic (exact) mass is 217 g/mol. The van der Waals surface area contributed by atoms with E-state index in [1.54, 1.807) is 12.1 Å². The first-order valence-corrected chi connectivity index (χ1v) is 5.05. The van der Waals surface area contributed by atoms with E-state index in [1.165, 1.54) is 0 Å². The Morgan fingerprint density at radius 3 is 2.38 bits per heavy atom. The number of nitriles is 1. The summed E-state index contributed by atoms with van der Waals surface area (Å²) in [5, 5.41) is 27.6. The summed E-state index contributed by atoms with van der Waals surface area (Å²) in [7, 11) is 0. The summed E-state index contributed by atoms with van der Waals surface area (Å²) in [5.41, 5.74) is 2.54. The molecule has 0 heterocycles. The molecule has 0 bridgehead atoms. The zero-order chi connectivity index (χ0) is 12.1. The lowest BCUT2D eigenvalue weighted by Crippen LogP contribution is -2.17. The molecular weight excluding hydrogens is 202 g/mol. The Hall–Kier alpha value is -1.63. The molecule has 0 aliphatic rings. The number of benzene rings is 1. The molecule has 2 atom stereocenters. The molecular formula is C13H15NO2. The topological polar surface area (TPSA) is 64.2 Å². The molecule has 3 heteroatoms. The third-order valence-electron chi connectivity index (χ3n) is 2.41. The lowest BCUT2D eigenvalue weighted by Gasteiger charge is -2.15. The van der Waals surface area contributed by atoms with Crippen molar-refractivity contribution >= 4 is 5.57 Å². The summed E-state index contributed by atoms with van der Waals surface area (Å²) >= 11 is 0. The smallest absolute Gasteiger partial charge is 0.106 e. The van der Waals surface area contributed by atoms with Gasteiger partial charge < -0.3 is 10.2 Å². The number of nitrogens with zero attached hydrogens (tertiary/aromatic N) is 1. The maximum atomic E-state index is 9.73. The van der Waals surface area contributed by atoms with Gasteiger partial charge in [-0.2, -0.15) is 5.26 Å². The van der Waals surface area contributed by atoms with E-state index in [-0.39, 0.29) is 6.42 Å². The van der Waals surface area contributed by atoms with E-state index in [0.29, 0.717) is 5.56 Å². The highest BCUT2D eigenvalue weighted by Crippen LogP contribution is 2.21. The van der Waals surface area contributed by atoms with Gasteiger partial charge in [-0.1, -0.05) is 36.4 Å². The van der Waals surface area contributed by atoms with Gasteiger partial charge in [0, 0.05) is 0 Å². The van der Waals surface area contributed by atoms with Crippen molar-refractivity contribution in [3.05, 3.63) is 42.0 Å². The molecule has 84 valence electrons. The zero-order valence-corrected chi connectivity index (χ0v) is 9.22. The van der Waals surface area contributed by atoms with Crippen molar-refractivity contribution in [1.82, 2.24) is 0 Å². The molecule has 2 N–H and O–H groups in total.